The molecule has 1 rings (SSSR count). The molecule has 0 spiro atoms. The Hall–Kier alpha value is -1.43. The molecule has 0 aliphatic carbocycles. The molecule has 1 heterocycles. The maximum absolute atomic E-state index is 12.4. The number of rotatable bonds is 4. The second kappa shape index (κ2) is 5.77. The number of pyridine rings is 1. The Labute approximate surface area is 102 Å². The summed E-state index contributed by atoms with van der Waals surface area (Å²) in [6.07, 6.45) is -1.30. The second-order valence-electron chi connectivity index (χ2n) is 3.40. The van der Waals surface area contributed by atoms with E-state index in [-0.39, 0.29) is 16.4 Å². The summed E-state index contributed by atoms with van der Waals surface area (Å²) in [4.78, 5) is 15.2. The van der Waals surface area contributed by atoms with Gasteiger partial charge in [0.15, 0.2) is 0 Å². The van der Waals surface area contributed by atoms with E-state index in [0.29, 0.717) is 0 Å². The van der Waals surface area contributed by atoms with Crippen molar-refractivity contribution in [3.05, 3.63) is 23.0 Å². The van der Waals surface area contributed by atoms with Crippen molar-refractivity contribution in [1.29, 1.82) is 0 Å². The summed E-state index contributed by atoms with van der Waals surface area (Å²) in [5.74, 6) is -0.418. The van der Waals surface area contributed by atoms with Gasteiger partial charge in [0.1, 0.15) is 5.15 Å². The van der Waals surface area contributed by atoms with E-state index in [2.05, 4.69) is 15.6 Å². The minimum Gasteiger partial charge on any atom is -0.376 e. The fourth-order valence-electron chi connectivity index (χ4n) is 1.17. The number of nitrogens with zero attached hydrogens (tertiary/aromatic N) is 1. The molecule has 0 aliphatic rings. The molecule has 0 aromatic carbocycles. The lowest BCUT2D eigenvalue weighted by molar-refractivity contribution is 0.0962. The van der Waals surface area contributed by atoms with Gasteiger partial charge in [-0.25, -0.2) is 13.8 Å². The second-order valence-corrected chi connectivity index (χ2v) is 3.79. The minimum atomic E-state index is -2.54. The number of alkyl halides is 2. The van der Waals surface area contributed by atoms with Crippen molar-refractivity contribution in [1.82, 2.24) is 10.3 Å². The zero-order chi connectivity index (χ0) is 13.0. The van der Waals surface area contributed by atoms with Crippen LogP contribution in [0.5, 0.6) is 0 Å². The van der Waals surface area contributed by atoms with Gasteiger partial charge in [-0.15, -0.1) is 0 Å². The lowest BCUT2D eigenvalue weighted by atomic mass is 10.2. The Balaban J connectivity index is 3.03. The molecule has 0 saturated heterocycles. The first-order valence-corrected chi connectivity index (χ1v) is 5.25. The minimum absolute atomic E-state index is 0.126. The predicted molar refractivity (Wildman–Crippen MR) is 61.7 cm³/mol. The molecule has 0 bridgehead atoms. The van der Waals surface area contributed by atoms with E-state index in [1.54, 1.807) is 0 Å². The average molecular weight is 264 g/mol. The number of halogens is 3. The first-order valence-electron chi connectivity index (χ1n) is 4.88. The van der Waals surface area contributed by atoms with Crippen LogP contribution in [0.1, 0.15) is 17.3 Å². The highest BCUT2D eigenvalue weighted by Crippen LogP contribution is 2.20. The quantitative estimate of drug-likeness (QED) is 0.819. The van der Waals surface area contributed by atoms with E-state index in [1.807, 2.05) is 0 Å². The van der Waals surface area contributed by atoms with Crippen molar-refractivity contribution in [3.8, 4) is 0 Å². The smallest absolute Gasteiger partial charge is 0.258 e. The molecule has 0 fully saturated rings. The molecule has 0 radical (unpaired) electrons. The van der Waals surface area contributed by atoms with Crippen LogP contribution < -0.4 is 10.6 Å². The zero-order valence-electron chi connectivity index (χ0n) is 9.30. The van der Waals surface area contributed by atoms with Gasteiger partial charge in [-0.05, 0) is 13.0 Å². The number of hydrogen-bond acceptors (Lipinski definition) is 3. The normalized spacial score (nSPS) is 12.4. The molecule has 1 atom stereocenters. The van der Waals surface area contributed by atoms with Gasteiger partial charge in [0.2, 0.25) is 0 Å². The van der Waals surface area contributed by atoms with Gasteiger partial charge < -0.3 is 10.6 Å². The van der Waals surface area contributed by atoms with Crippen LogP contribution in [0, 0.1) is 0 Å². The Bertz CT molecular complexity index is 415. The van der Waals surface area contributed by atoms with Crippen LogP contribution in [0.4, 0.5) is 14.5 Å². The van der Waals surface area contributed by atoms with Gasteiger partial charge in [0.25, 0.3) is 12.3 Å². The van der Waals surface area contributed by atoms with Gasteiger partial charge in [-0.2, -0.15) is 0 Å². The number of carbonyl (C=O) groups excluding carboxylic acids is 1. The number of anilines is 1. The summed E-state index contributed by atoms with van der Waals surface area (Å²) in [5, 5.41) is 5.05. The van der Waals surface area contributed by atoms with Crippen LogP contribution in [0.3, 0.4) is 0 Å². The van der Waals surface area contributed by atoms with Crippen LogP contribution in [-0.4, -0.2) is 30.4 Å². The van der Waals surface area contributed by atoms with Crippen LogP contribution in [0.15, 0.2) is 12.3 Å². The average Bonchev–Trinajstić information content (AvgIpc) is 2.28. The van der Waals surface area contributed by atoms with Crippen molar-refractivity contribution in [2.24, 2.45) is 0 Å². The highest BCUT2D eigenvalue weighted by molar-refractivity contribution is 6.29. The molecular weight excluding hydrogens is 252 g/mol. The largest absolute Gasteiger partial charge is 0.376 e. The number of nitrogens with one attached hydrogen (secondary N) is 2. The number of amides is 1. The van der Waals surface area contributed by atoms with E-state index in [4.69, 9.17) is 11.6 Å². The Morgan fingerprint density at radius 3 is 2.71 bits per heavy atom. The fourth-order valence-corrected chi connectivity index (χ4v) is 1.33. The third kappa shape index (κ3) is 3.52. The molecule has 17 heavy (non-hydrogen) atoms. The highest BCUT2D eigenvalue weighted by Gasteiger charge is 2.18. The third-order valence-corrected chi connectivity index (χ3v) is 2.31. The molecule has 4 nitrogen and oxygen atoms in total. The molecule has 1 amide bonds. The number of aromatic nitrogens is 1. The summed E-state index contributed by atoms with van der Waals surface area (Å²) >= 11 is 5.66. The summed E-state index contributed by atoms with van der Waals surface area (Å²) in [6, 6.07) is 0.252. The molecule has 0 unspecified atom stereocenters. The van der Waals surface area contributed by atoms with Crippen molar-refractivity contribution in [2.75, 3.05) is 12.4 Å². The molecular formula is C10H12ClF2N3O. The van der Waals surface area contributed by atoms with Crippen LogP contribution in [0.2, 0.25) is 5.15 Å². The van der Waals surface area contributed by atoms with Gasteiger partial charge in [-0.3, -0.25) is 4.79 Å². The van der Waals surface area contributed by atoms with E-state index >= 15 is 0 Å². The lowest BCUT2D eigenvalue weighted by Gasteiger charge is -2.16. The molecule has 1 aromatic heterocycles. The van der Waals surface area contributed by atoms with Gasteiger partial charge in [-0.1, -0.05) is 11.6 Å². The molecule has 1 aromatic rings. The Morgan fingerprint density at radius 1 is 1.53 bits per heavy atom. The van der Waals surface area contributed by atoms with Gasteiger partial charge in [0.05, 0.1) is 17.3 Å². The fraction of sp³-hybridized carbons (Fsp3) is 0.400. The summed E-state index contributed by atoms with van der Waals surface area (Å²) in [7, 11) is 1.44. The topological polar surface area (TPSA) is 54.0 Å². The Kier molecular flexibility index (Phi) is 4.62. The predicted octanol–water partition coefficient (Wildman–Crippen LogP) is 2.16. The van der Waals surface area contributed by atoms with Crippen molar-refractivity contribution in [3.63, 3.8) is 0 Å². The third-order valence-electron chi connectivity index (χ3n) is 2.10. The SMILES string of the molecule is CNC(=O)c1cnc(Cl)cc1N[C@H](C)C(F)F. The maximum Gasteiger partial charge on any atom is 0.258 e. The molecule has 7 heteroatoms. The van der Waals surface area contributed by atoms with Crippen LogP contribution >= 0.6 is 11.6 Å². The van der Waals surface area contributed by atoms with Gasteiger partial charge in [0, 0.05) is 13.2 Å². The van der Waals surface area contributed by atoms with Gasteiger partial charge >= 0.3 is 0 Å². The number of carbonyl (C=O) groups is 1. The monoisotopic (exact) mass is 263 g/mol. The number of hydrogen-bond donors (Lipinski definition) is 2. The summed E-state index contributed by atoms with van der Waals surface area (Å²) in [6.45, 7) is 1.31. The van der Waals surface area contributed by atoms with E-state index in [0.717, 1.165) is 0 Å². The van der Waals surface area contributed by atoms with E-state index in [1.165, 1.54) is 26.2 Å². The van der Waals surface area contributed by atoms with Crippen molar-refractivity contribution >= 4 is 23.2 Å². The molecule has 94 valence electrons. The molecule has 2 N–H and O–H groups in total. The van der Waals surface area contributed by atoms with E-state index < -0.39 is 18.4 Å². The maximum atomic E-state index is 12.4. The van der Waals surface area contributed by atoms with Crippen LogP contribution in [-0.2, 0) is 0 Å². The van der Waals surface area contributed by atoms with E-state index in [9.17, 15) is 13.6 Å². The first kappa shape index (κ1) is 13.6. The highest BCUT2D eigenvalue weighted by atomic mass is 35.5. The molecule has 0 aliphatic heterocycles. The standard InChI is InChI=1S/C10H12ClF2N3O/c1-5(9(12)13)16-7-3-8(11)15-4-6(7)10(17)14-2/h3-5,9H,1-2H3,(H,14,17)(H,15,16)/t5-/m1/s1. The first-order chi connectivity index (χ1) is 7.95. The summed E-state index contributed by atoms with van der Waals surface area (Å²) in [5.41, 5.74) is 0.404. The van der Waals surface area contributed by atoms with Crippen molar-refractivity contribution < 1.29 is 13.6 Å². The zero-order valence-corrected chi connectivity index (χ0v) is 10.1. The lowest BCUT2D eigenvalue weighted by Crippen LogP contribution is -2.27. The Morgan fingerprint density at radius 2 is 2.18 bits per heavy atom. The van der Waals surface area contributed by atoms with Crippen LogP contribution in [0.25, 0.3) is 0 Å². The molecule has 0 saturated carbocycles. The summed E-state index contributed by atoms with van der Waals surface area (Å²) < 4.78 is 24.8. The van der Waals surface area contributed by atoms with Crippen molar-refractivity contribution in [2.45, 2.75) is 19.4 Å².